The van der Waals surface area contributed by atoms with Gasteiger partial charge in [-0.05, 0) is 33.4 Å². The fourth-order valence-corrected chi connectivity index (χ4v) is 1.14. The van der Waals surface area contributed by atoms with E-state index in [0.29, 0.717) is 6.04 Å². The quantitative estimate of drug-likeness (QED) is 0.456. The Morgan fingerprint density at radius 2 is 2.25 bits per heavy atom. The minimum atomic E-state index is 0.587. The lowest BCUT2D eigenvalue weighted by molar-refractivity contribution is 0.220. The van der Waals surface area contributed by atoms with Crippen molar-refractivity contribution in [3.05, 3.63) is 6.92 Å². The summed E-state index contributed by atoms with van der Waals surface area (Å²) in [4.78, 5) is 2.32. The molecule has 1 aliphatic rings. The van der Waals surface area contributed by atoms with E-state index in [0.717, 1.165) is 0 Å². The van der Waals surface area contributed by atoms with Crippen molar-refractivity contribution in [3.63, 3.8) is 0 Å². The molecule has 1 saturated heterocycles. The minimum Gasteiger partial charge on any atom is -0.303 e. The van der Waals surface area contributed by atoms with E-state index in [2.05, 4.69) is 18.9 Å². The molecule has 1 rings (SSSR count). The fourth-order valence-electron chi connectivity index (χ4n) is 1.14. The molecular weight excluding hydrogens is 98.1 g/mol. The molecule has 0 spiro atoms. The maximum atomic E-state index is 4.00. The molecule has 8 heavy (non-hydrogen) atoms. The summed E-state index contributed by atoms with van der Waals surface area (Å²) in [6.07, 6.45) is 4.03. The minimum absolute atomic E-state index is 0.587. The second kappa shape index (κ2) is 2.49. The van der Waals surface area contributed by atoms with E-state index in [9.17, 15) is 0 Å². The number of nitrogens with zero attached hydrogens (tertiary/aromatic N) is 1. The van der Waals surface area contributed by atoms with E-state index in [-0.39, 0.29) is 0 Å². The molecule has 1 heterocycles. The lowest BCUT2D eigenvalue weighted by atomic mass is 10.1. The summed E-state index contributed by atoms with van der Waals surface area (Å²) in [7, 11) is 2.15. The molecule has 0 aromatic rings. The zero-order valence-electron chi connectivity index (χ0n) is 5.56. The van der Waals surface area contributed by atoms with Crippen LogP contribution in [0.5, 0.6) is 0 Å². The molecule has 1 nitrogen and oxygen atoms in total. The summed E-state index contributed by atoms with van der Waals surface area (Å²) in [5.41, 5.74) is 0. The van der Waals surface area contributed by atoms with E-state index in [1.54, 1.807) is 0 Å². The monoisotopic (exact) mass is 112 g/mol. The van der Waals surface area contributed by atoms with Gasteiger partial charge in [0.2, 0.25) is 0 Å². The van der Waals surface area contributed by atoms with Crippen LogP contribution >= 0.6 is 0 Å². The van der Waals surface area contributed by atoms with Crippen molar-refractivity contribution in [1.29, 1.82) is 0 Å². The van der Waals surface area contributed by atoms with Crippen LogP contribution in [0.3, 0.4) is 0 Å². The standard InChI is InChI=1S/C7H14N/c1-7-5-3-4-6-8(7)2/h7H,1,3-6H2,2H3. The van der Waals surface area contributed by atoms with Crippen molar-refractivity contribution < 1.29 is 0 Å². The van der Waals surface area contributed by atoms with Crippen molar-refractivity contribution in [1.82, 2.24) is 4.90 Å². The van der Waals surface area contributed by atoms with Crippen LogP contribution in [0, 0.1) is 6.92 Å². The van der Waals surface area contributed by atoms with Crippen molar-refractivity contribution >= 4 is 0 Å². The van der Waals surface area contributed by atoms with Gasteiger partial charge in [-0.2, -0.15) is 0 Å². The Bertz CT molecular complexity index is 60.8. The topological polar surface area (TPSA) is 3.24 Å². The Labute approximate surface area is 51.7 Å². The van der Waals surface area contributed by atoms with E-state index in [1.807, 2.05) is 0 Å². The second-order valence-electron chi connectivity index (χ2n) is 2.63. The van der Waals surface area contributed by atoms with Gasteiger partial charge >= 0.3 is 0 Å². The van der Waals surface area contributed by atoms with Gasteiger partial charge in [-0.25, -0.2) is 0 Å². The number of hydrogen-bond donors (Lipinski definition) is 0. The first-order valence-electron chi connectivity index (χ1n) is 3.34. The molecule has 1 aliphatic heterocycles. The molecule has 0 aromatic carbocycles. The van der Waals surface area contributed by atoms with Gasteiger partial charge in [-0.1, -0.05) is 6.42 Å². The molecule has 1 heteroatoms. The first kappa shape index (κ1) is 6.09. The summed E-state index contributed by atoms with van der Waals surface area (Å²) in [6.45, 7) is 5.25. The highest BCUT2D eigenvalue weighted by Crippen LogP contribution is 2.12. The lowest BCUT2D eigenvalue weighted by Gasteiger charge is -2.28. The van der Waals surface area contributed by atoms with Crippen molar-refractivity contribution in [3.8, 4) is 0 Å². The average Bonchev–Trinajstić information content (AvgIpc) is 1.77. The molecule has 1 unspecified atom stereocenters. The molecule has 0 amide bonds. The van der Waals surface area contributed by atoms with Gasteiger partial charge in [0.05, 0.1) is 0 Å². The lowest BCUT2D eigenvalue weighted by Crippen LogP contribution is -2.33. The molecule has 0 aliphatic carbocycles. The Hall–Kier alpha value is -0.0400. The molecule has 0 N–H and O–H groups in total. The number of likely N-dealkylation sites (tertiary alicyclic amines) is 1. The summed E-state index contributed by atoms with van der Waals surface area (Å²) < 4.78 is 0. The molecule has 0 aromatic heterocycles. The van der Waals surface area contributed by atoms with Gasteiger partial charge in [0, 0.05) is 6.04 Å². The molecule has 0 bridgehead atoms. The van der Waals surface area contributed by atoms with E-state index in [4.69, 9.17) is 0 Å². The predicted molar refractivity (Wildman–Crippen MR) is 35.6 cm³/mol. The summed E-state index contributed by atoms with van der Waals surface area (Å²) in [5, 5.41) is 0. The number of rotatable bonds is 0. The molecule has 1 atom stereocenters. The first-order valence-corrected chi connectivity index (χ1v) is 3.34. The second-order valence-corrected chi connectivity index (χ2v) is 2.63. The van der Waals surface area contributed by atoms with Gasteiger partial charge in [0.15, 0.2) is 0 Å². The third-order valence-corrected chi connectivity index (χ3v) is 1.92. The third-order valence-electron chi connectivity index (χ3n) is 1.92. The van der Waals surface area contributed by atoms with E-state index < -0.39 is 0 Å². The Morgan fingerprint density at radius 3 is 2.62 bits per heavy atom. The van der Waals surface area contributed by atoms with Crippen LogP contribution in [-0.2, 0) is 0 Å². The van der Waals surface area contributed by atoms with E-state index in [1.165, 1.54) is 25.8 Å². The molecule has 1 fully saturated rings. The fraction of sp³-hybridized carbons (Fsp3) is 0.857. The SMILES string of the molecule is [CH2]C1CCCCN1C. The Balaban J connectivity index is 2.28. The van der Waals surface area contributed by atoms with Crippen LogP contribution in [0.25, 0.3) is 0 Å². The van der Waals surface area contributed by atoms with Crippen LogP contribution in [0.4, 0.5) is 0 Å². The van der Waals surface area contributed by atoms with Crippen LogP contribution < -0.4 is 0 Å². The number of hydrogen-bond acceptors (Lipinski definition) is 1. The highest BCUT2D eigenvalue weighted by Gasteiger charge is 2.12. The van der Waals surface area contributed by atoms with Crippen molar-refractivity contribution in [2.45, 2.75) is 25.3 Å². The summed E-state index contributed by atoms with van der Waals surface area (Å²) >= 11 is 0. The molecule has 1 radical (unpaired) electrons. The van der Waals surface area contributed by atoms with Gasteiger partial charge in [-0.3, -0.25) is 0 Å². The molecule has 47 valence electrons. The first-order chi connectivity index (χ1) is 3.80. The van der Waals surface area contributed by atoms with Crippen LogP contribution in [0.1, 0.15) is 19.3 Å². The smallest absolute Gasteiger partial charge is 0.00927 e. The zero-order valence-corrected chi connectivity index (χ0v) is 5.56. The van der Waals surface area contributed by atoms with Crippen LogP contribution in [0.2, 0.25) is 0 Å². The third kappa shape index (κ3) is 1.22. The van der Waals surface area contributed by atoms with Crippen molar-refractivity contribution in [2.24, 2.45) is 0 Å². The van der Waals surface area contributed by atoms with Crippen LogP contribution in [-0.4, -0.2) is 24.5 Å². The highest BCUT2D eigenvalue weighted by molar-refractivity contribution is 4.74. The summed E-state index contributed by atoms with van der Waals surface area (Å²) in [6, 6.07) is 0.587. The van der Waals surface area contributed by atoms with Crippen molar-refractivity contribution in [2.75, 3.05) is 13.6 Å². The maximum absolute atomic E-state index is 4.00. The van der Waals surface area contributed by atoms with Gasteiger partial charge in [0.25, 0.3) is 0 Å². The van der Waals surface area contributed by atoms with Gasteiger partial charge in [0.1, 0.15) is 0 Å². The molecular formula is C7H14N. The average molecular weight is 112 g/mol. The maximum Gasteiger partial charge on any atom is 0.00927 e. The van der Waals surface area contributed by atoms with Crippen LogP contribution in [0.15, 0.2) is 0 Å². The van der Waals surface area contributed by atoms with E-state index >= 15 is 0 Å². The summed E-state index contributed by atoms with van der Waals surface area (Å²) in [5.74, 6) is 0. The van der Waals surface area contributed by atoms with Gasteiger partial charge < -0.3 is 4.90 Å². The predicted octanol–water partition coefficient (Wildman–Crippen LogP) is 1.30. The Kier molecular flexibility index (Phi) is 1.90. The number of piperidine rings is 1. The zero-order chi connectivity index (χ0) is 5.98. The van der Waals surface area contributed by atoms with Gasteiger partial charge in [-0.15, -0.1) is 0 Å². The molecule has 0 saturated carbocycles. The largest absolute Gasteiger partial charge is 0.303 e. The highest BCUT2D eigenvalue weighted by atomic mass is 15.1. The normalized spacial score (nSPS) is 33.0. The Morgan fingerprint density at radius 1 is 1.50 bits per heavy atom.